The van der Waals surface area contributed by atoms with E-state index in [0.717, 1.165) is 23.8 Å². The first-order chi connectivity index (χ1) is 26.3. The summed E-state index contributed by atoms with van der Waals surface area (Å²) in [6.07, 6.45) is 1.66. The third-order valence-electron chi connectivity index (χ3n) is 10.2. The molecule has 0 fully saturated rings. The third-order valence-corrected chi connectivity index (χ3v) is 18.9. The molecule has 0 N–H and O–H groups in total. The summed E-state index contributed by atoms with van der Waals surface area (Å²) in [5.41, 5.74) is 2.39. The topological polar surface area (TPSA) is 9.23 Å². The molecule has 0 aliphatic rings. The van der Waals surface area contributed by atoms with Crippen LogP contribution in [0, 0.1) is 0 Å². The van der Waals surface area contributed by atoms with Crippen LogP contribution in [0.5, 0.6) is 11.5 Å². The van der Waals surface area contributed by atoms with Crippen LogP contribution >= 0.6 is 14.5 Å². The fraction of sp³-hybridized carbons (Fsp3) is 0.0400. The maximum atomic E-state index is 7.18. The van der Waals surface area contributed by atoms with Gasteiger partial charge in [0.1, 0.15) is 70.2 Å². The zero-order chi connectivity index (χ0) is 35.8. The molecule has 0 bridgehead atoms. The maximum absolute atomic E-state index is 7.18. The van der Waals surface area contributed by atoms with Crippen LogP contribution in [-0.2, 0) is 12.3 Å². The Morgan fingerprint density at radius 2 is 0.453 bits per heavy atom. The number of hydrogen-bond donors (Lipinski definition) is 0. The Kier molecular flexibility index (Phi) is 10.4. The molecule has 0 aliphatic carbocycles. The summed E-state index contributed by atoms with van der Waals surface area (Å²) < 4.78 is 7.18. The lowest BCUT2D eigenvalue weighted by atomic mass is 10.2. The molecule has 0 amide bonds. The highest BCUT2D eigenvalue weighted by Gasteiger charge is 2.47. The number of hydrogen-bond acceptors (Lipinski definition) is 1. The van der Waals surface area contributed by atoms with E-state index in [1.165, 1.54) is 43.0 Å². The Balaban J connectivity index is 1.25. The second-order valence-electron chi connectivity index (χ2n) is 13.3. The Morgan fingerprint density at radius 3 is 0.698 bits per heavy atom. The molecular weight excluding hydrogens is 678 g/mol. The van der Waals surface area contributed by atoms with Crippen LogP contribution in [0.4, 0.5) is 0 Å². The molecule has 53 heavy (non-hydrogen) atoms. The van der Waals surface area contributed by atoms with E-state index in [2.05, 4.69) is 231 Å². The summed E-state index contributed by atoms with van der Waals surface area (Å²) in [6, 6.07) is 83.9. The fourth-order valence-electron chi connectivity index (χ4n) is 7.63. The highest BCUT2D eigenvalue weighted by atomic mass is 31.2. The molecule has 0 saturated heterocycles. The zero-order valence-electron chi connectivity index (χ0n) is 29.7. The Morgan fingerprint density at radius 1 is 0.245 bits per heavy atom. The fourth-order valence-corrected chi connectivity index (χ4v) is 16.1. The van der Waals surface area contributed by atoms with E-state index in [1.807, 2.05) is 0 Å². The summed E-state index contributed by atoms with van der Waals surface area (Å²) in [5, 5.41) is 8.14. The highest BCUT2D eigenvalue weighted by Crippen LogP contribution is 2.61. The van der Waals surface area contributed by atoms with Crippen LogP contribution in [0.1, 0.15) is 11.1 Å². The van der Waals surface area contributed by atoms with Crippen LogP contribution < -0.4 is 36.6 Å². The molecule has 8 rings (SSSR count). The first-order valence-corrected chi connectivity index (χ1v) is 22.2. The predicted octanol–water partition coefficient (Wildman–Crippen LogP) is 10.5. The average molecular weight is 721 g/mol. The van der Waals surface area contributed by atoms with Gasteiger partial charge in [-0.05, 0) is 84.9 Å². The van der Waals surface area contributed by atoms with Crippen molar-refractivity contribution in [3.63, 3.8) is 0 Å². The van der Waals surface area contributed by atoms with Crippen molar-refractivity contribution in [3.05, 3.63) is 242 Å². The minimum absolute atomic E-state index is 0.832. The van der Waals surface area contributed by atoms with Crippen molar-refractivity contribution in [2.45, 2.75) is 12.3 Å². The first kappa shape index (κ1) is 34.5. The molecule has 256 valence electrons. The summed E-state index contributed by atoms with van der Waals surface area (Å²) in [4.78, 5) is 0. The molecule has 8 aromatic carbocycles. The minimum atomic E-state index is -2.15. The molecule has 0 radical (unpaired) electrons. The van der Waals surface area contributed by atoms with Crippen molar-refractivity contribution in [2.24, 2.45) is 0 Å². The number of rotatable bonds is 12. The SMILES string of the molecule is c1ccc([P+](Cc2ccccc2Oc2ccccc2C[P+](c2ccccc2)(c2ccccc2)c2ccccc2)(c2ccccc2)c2ccccc2)cc1. The second-order valence-corrected chi connectivity index (χ2v) is 20.2. The Bertz CT molecular complexity index is 1990. The number of para-hydroxylation sites is 2. The van der Waals surface area contributed by atoms with E-state index < -0.39 is 14.5 Å². The van der Waals surface area contributed by atoms with Gasteiger partial charge in [0.05, 0.1) is 0 Å². The van der Waals surface area contributed by atoms with Gasteiger partial charge in [0.2, 0.25) is 0 Å². The van der Waals surface area contributed by atoms with E-state index in [0.29, 0.717) is 0 Å². The third kappa shape index (κ3) is 7.00. The van der Waals surface area contributed by atoms with Crippen molar-refractivity contribution < 1.29 is 4.74 Å². The molecule has 0 aliphatic heterocycles. The molecule has 3 heteroatoms. The van der Waals surface area contributed by atoms with Gasteiger partial charge in [0.15, 0.2) is 0 Å². The van der Waals surface area contributed by atoms with Gasteiger partial charge >= 0.3 is 0 Å². The van der Waals surface area contributed by atoms with E-state index in [4.69, 9.17) is 4.74 Å². The van der Waals surface area contributed by atoms with Gasteiger partial charge < -0.3 is 4.74 Å². The Hall–Kier alpha value is -5.58. The molecule has 0 aromatic heterocycles. The van der Waals surface area contributed by atoms with Crippen LogP contribution in [0.3, 0.4) is 0 Å². The highest BCUT2D eigenvalue weighted by molar-refractivity contribution is 7.95. The molecular formula is C50H42OP2+2. The van der Waals surface area contributed by atoms with Gasteiger partial charge in [-0.3, -0.25) is 0 Å². The average Bonchev–Trinajstić information content (AvgIpc) is 3.25. The molecule has 8 aromatic rings. The summed E-state index contributed by atoms with van der Waals surface area (Å²) in [7, 11) is -4.29. The lowest BCUT2D eigenvalue weighted by molar-refractivity contribution is 0.474. The van der Waals surface area contributed by atoms with Gasteiger partial charge in [0, 0.05) is 11.1 Å². The molecule has 0 saturated carbocycles. The largest absolute Gasteiger partial charge is 0.457 e. The number of ether oxygens (including phenoxy) is 1. The lowest BCUT2D eigenvalue weighted by Crippen LogP contribution is -2.32. The van der Waals surface area contributed by atoms with Gasteiger partial charge in [0.25, 0.3) is 0 Å². The predicted molar refractivity (Wildman–Crippen MR) is 231 cm³/mol. The van der Waals surface area contributed by atoms with Crippen molar-refractivity contribution in [1.29, 1.82) is 0 Å². The molecule has 1 nitrogen and oxygen atoms in total. The van der Waals surface area contributed by atoms with Crippen LogP contribution in [-0.4, -0.2) is 0 Å². The smallest absolute Gasteiger partial charge is 0.134 e. The van der Waals surface area contributed by atoms with Gasteiger partial charge in [-0.15, -0.1) is 0 Å². The quantitative estimate of drug-likeness (QED) is 0.114. The standard InChI is InChI=1S/C50H42OP2/c1-7-25-43(26-8-1)52(44-27-9-2-10-28-44,45-29-11-3-12-30-45)39-41-23-19-21-37-49(41)51-50-38-22-20-24-42(50)40-53(46-31-13-4-14-32-46,47-33-15-5-16-34-47)48-35-17-6-18-36-48/h1-38H,39-40H2/q+2. The minimum Gasteiger partial charge on any atom is -0.457 e. The maximum Gasteiger partial charge on any atom is 0.134 e. The van der Waals surface area contributed by atoms with E-state index in [1.54, 1.807) is 0 Å². The normalized spacial score (nSPS) is 11.5. The van der Waals surface area contributed by atoms with Crippen molar-refractivity contribution in [3.8, 4) is 11.5 Å². The van der Waals surface area contributed by atoms with Crippen molar-refractivity contribution in [2.75, 3.05) is 0 Å². The van der Waals surface area contributed by atoms with Gasteiger partial charge in [-0.2, -0.15) is 0 Å². The molecule has 0 atom stereocenters. The molecule has 0 heterocycles. The molecule has 0 unspecified atom stereocenters. The second kappa shape index (κ2) is 16.0. The van der Waals surface area contributed by atoms with Gasteiger partial charge in [-0.1, -0.05) is 146 Å². The van der Waals surface area contributed by atoms with E-state index >= 15 is 0 Å². The number of benzene rings is 8. The van der Waals surface area contributed by atoms with Crippen LogP contribution in [0.25, 0.3) is 0 Å². The van der Waals surface area contributed by atoms with Crippen molar-refractivity contribution >= 4 is 46.4 Å². The zero-order valence-corrected chi connectivity index (χ0v) is 31.4. The first-order valence-electron chi connectivity index (χ1n) is 18.2. The van der Waals surface area contributed by atoms with Crippen LogP contribution in [0.15, 0.2) is 231 Å². The van der Waals surface area contributed by atoms with Crippen LogP contribution in [0.2, 0.25) is 0 Å². The van der Waals surface area contributed by atoms with Crippen molar-refractivity contribution in [1.82, 2.24) is 0 Å². The summed E-state index contributed by atoms with van der Waals surface area (Å²) >= 11 is 0. The van der Waals surface area contributed by atoms with E-state index in [-0.39, 0.29) is 0 Å². The Labute approximate surface area is 315 Å². The summed E-state index contributed by atoms with van der Waals surface area (Å²) in [6.45, 7) is 0. The monoisotopic (exact) mass is 720 g/mol. The lowest BCUT2D eigenvalue weighted by Gasteiger charge is -2.29. The van der Waals surface area contributed by atoms with Gasteiger partial charge in [-0.25, -0.2) is 0 Å². The van der Waals surface area contributed by atoms with E-state index in [9.17, 15) is 0 Å². The summed E-state index contributed by atoms with van der Waals surface area (Å²) in [5.74, 6) is 1.80. The molecule has 0 spiro atoms.